The second-order valence-electron chi connectivity index (χ2n) is 6.62. The van der Waals surface area contributed by atoms with Crippen LogP contribution < -0.4 is 5.32 Å². The average molecular weight is 334 g/mol. The largest absolute Gasteiger partial charge is 0.465 e. The Hall–Kier alpha value is -1.62. The SMILES string of the molecule is CCC(=S)Nc1ccc2c(c1)CCN(C(=O)O)CC2CC(C)C. The summed E-state index contributed by atoms with van der Waals surface area (Å²) in [6.07, 6.45) is 1.74. The summed E-state index contributed by atoms with van der Waals surface area (Å²) < 4.78 is 0. The predicted molar refractivity (Wildman–Crippen MR) is 98.5 cm³/mol. The highest BCUT2D eigenvalue weighted by Crippen LogP contribution is 2.32. The van der Waals surface area contributed by atoms with E-state index in [2.05, 4.69) is 37.4 Å². The minimum absolute atomic E-state index is 0.260. The predicted octanol–water partition coefficient (Wildman–Crippen LogP) is 4.50. The van der Waals surface area contributed by atoms with Crippen molar-refractivity contribution in [2.45, 2.75) is 46.0 Å². The van der Waals surface area contributed by atoms with Gasteiger partial charge in [-0.2, -0.15) is 0 Å². The lowest BCUT2D eigenvalue weighted by Gasteiger charge is -2.24. The quantitative estimate of drug-likeness (QED) is 0.796. The number of fused-ring (bicyclic) bond motifs is 1. The maximum absolute atomic E-state index is 11.4. The molecule has 0 saturated carbocycles. The second-order valence-corrected chi connectivity index (χ2v) is 7.11. The molecule has 2 rings (SSSR count). The van der Waals surface area contributed by atoms with Crippen molar-refractivity contribution in [3.05, 3.63) is 29.3 Å². The Morgan fingerprint density at radius 3 is 2.83 bits per heavy atom. The Morgan fingerprint density at radius 1 is 1.48 bits per heavy atom. The maximum Gasteiger partial charge on any atom is 0.407 e. The first-order valence-corrected chi connectivity index (χ1v) is 8.72. The molecule has 5 heteroatoms. The van der Waals surface area contributed by atoms with Crippen LogP contribution in [0.4, 0.5) is 10.5 Å². The Bertz CT molecular complexity index is 586. The first kappa shape index (κ1) is 17.7. The van der Waals surface area contributed by atoms with Crippen molar-refractivity contribution in [1.29, 1.82) is 0 Å². The molecule has 0 spiro atoms. The van der Waals surface area contributed by atoms with Crippen LogP contribution >= 0.6 is 12.2 Å². The number of carbonyl (C=O) groups is 1. The fraction of sp³-hybridized carbons (Fsp3) is 0.556. The van der Waals surface area contributed by atoms with E-state index >= 15 is 0 Å². The number of hydrogen-bond acceptors (Lipinski definition) is 2. The van der Waals surface area contributed by atoms with Crippen molar-refractivity contribution in [2.75, 3.05) is 18.4 Å². The number of thiocarbonyl (C=S) groups is 1. The summed E-state index contributed by atoms with van der Waals surface area (Å²) in [6, 6.07) is 6.34. The molecule has 0 radical (unpaired) electrons. The maximum atomic E-state index is 11.4. The number of anilines is 1. The molecule has 23 heavy (non-hydrogen) atoms. The Morgan fingerprint density at radius 2 is 2.22 bits per heavy atom. The van der Waals surface area contributed by atoms with Crippen molar-refractivity contribution >= 4 is 29.0 Å². The van der Waals surface area contributed by atoms with Gasteiger partial charge in [-0.05, 0) is 48.4 Å². The molecule has 1 atom stereocenters. The highest BCUT2D eigenvalue weighted by atomic mass is 32.1. The minimum Gasteiger partial charge on any atom is -0.465 e. The molecular weight excluding hydrogens is 308 g/mol. The summed E-state index contributed by atoms with van der Waals surface area (Å²) in [7, 11) is 0. The van der Waals surface area contributed by atoms with Crippen molar-refractivity contribution in [2.24, 2.45) is 5.92 Å². The minimum atomic E-state index is -0.822. The Balaban J connectivity index is 2.30. The number of carboxylic acid groups (broad SMARTS) is 1. The van der Waals surface area contributed by atoms with Gasteiger partial charge in [-0.15, -0.1) is 0 Å². The van der Waals surface area contributed by atoms with E-state index in [9.17, 15) is 9.90 Å². The summed E-state index contributed by atoms with van der Waals surface area (Å²) in [5.74, 6) is 0.794. The van der Waals surface area contributed by atoms with E-state index < -0.39 is 6.09 Å². The fourth-order valence-electron chi connectivity index (χ4n) is 3.20. The average Bonchev–Trinajstić information content (AvgIpc) is 2.66. The van der Waals surface area contributed by atoms with Gasteiger partial charge in [0.05, 0.1) is 4.99 Å². The van der Waals surface area contributed by atoms with Gasteiger partial charge in [0.2, 0.25) is 0 Å². The van der Waals surface area contributed by atoms with Crippen LogP contribution in [0.3, 0.4) is 0 Å². The van der Waals surface area contributed by atoms with Crippen LogP contribution in [-0.4, -0.2) is 34.2 Å². The second kappa shape index (κ2) is 7.77. The van der Waals surface area contributed by atoms with E-state index in [4.69, 9.17) is 12.2 Å². The van der Waals surface area contributed by atoms with E-state index in [0.29, 0.717) is 19.0 Å². The van der Waals surface area contributed by atoms with Crippen LogP contribution in [0.15, 0.2) is 18.2 Å². The van der Waals surface area contributed by atoms with Crippen LogP contribution in [0.1, 0.15) is 50.7 Å². The third-order valence-corrected chi connectivity index (χ3v) is 4.70. The fourth-order valence-corrected chi connectivity index (χ4v) is 3.32. The number of rotatable bonds is 4. The molecule has 1 aromatic rings. The van der Waals surface area contributed by atoms with Gasteiger partial charge in [-0.1, -0.05) is 39.1 Å². The van der Waals surface area contributed by atoms with Crippen LogP contribution in [-0.2, 0) is 6.42 Å². The highest BCUT2D eigenvalue weighted by molar-refractivity contribution is 7.80. The summed E-state index contributed by atoms with van der Waals surface area (Å²) in [5.41, 5.74) is 3.53. The van der Waals surface area contributed by atoms with Gasteiger partial charge in [0.15, 0.2) is 0 Å². The van der Waals surface area contributed by atoms with Crippen molar-refractivity contribution in [3.63, 3.8) is 0 Å². The normalized spacial score (nSPS) is 17.6. The molecule has 1 aliphatic rings. The standard InChI is InChI=1S/C18H26N2O2S/c1-4-17(23)19-15-5-6-16-13(10-15)7-8-20(18(21)22)11-14(16)9-12(2)3/h5-6,10,12,14H,4,7-9,11H2,1-3H3,(H,19,23)(H,21,22). The zero-order valence-corrected chi connectivity index (χ0v) is 14.9. The van der Waals surface area contributed by atoms with Crippen molar-refractivity contribution < 1.29 is 9.90 Å². The lowest BCUT2D eigenvalue weighted by atomic mass is 9.87. The molecule has 4 nitrogen and oxygen atoms in total. The molecule has 0 saturated heterocycles. The van der Waals surface area contributed by atoms with E-state index in [-0.39, 0.29) is 5.92 Å². The van der Waals surface area contributed by atoms with Crippen LogP contribution in [0, 0.1) is 5.92 Å². The van der Waals surface area contributed by atoms with E-state index in [1.165, 1.54) is 11.1 Å². The van der Waals surface area contributed by atoms with Crippen molar-refractivity contribution in [3.8, 4) is 0 Å². The van der Waals surface area contributed by atoms with Crippen LogP contribution in [0.2, 0.25) is 0 Å². The van der Waals surface area contributed by atoms with Crippen LogP contribution in [0.25, 0.3) is 0 Å². The van der Waals surface area contributed by atoms with E-state index in [1.54, 1.807) is 4.90 Å². The van der Waals surface area contributed by atoms with E-state index in [1.807, 2.05) is 6.92 Å². The summed E-state index contributed by atoms with van der Waals surface area (Å²) in [6.45, 7) is 7.54. The molecule has 1 aliphatic heterocycles. The van der Waals surface area contributed by atoms with Gasteiger partial charge in [0.25, 0.3) is 0 Å². The lowest BCUT2D eigenvalue weighted by molar-refractivity contribution is 0.142. The van der Waals surface area contributed by atoms with Gasteiger partial charge in [-0.25, -0.2) is 4.79 Å². The molecule has 1 unspecified atom stereocenters. The molecule has 0 aliphatic carbocycles. The number of benzene rings is 1. The molecule has 0 fully saturated rings. The summed E-state index contributed by atoms with van der Waals surface area (Å²) >= 11 is 5.25. The first-order valence-electron chi connectivity index (χ1n) is 8.31. The zero-order chi connectivity index (χ0) is 17.0. The number of nitrogens with zero attached hydrogens (tertiary/aromatic N) is 1. The molecule has 1 amide bonds. The van der Waals surface area contributed by atoms with Gasteiger partial charge in [0.1, 0.15) is 0 Å². The topological polar surface area (TPSA) is 52.6 Å². The van der Waals surface area contributed by atoms with Crippen LogP contribution in [0.5, 0.6) is 0 Å². The van der Waals surface area contributed by atoms with Gasteiger partial charge >= 0.3 is 6.09 Å². The molecule has 1 heterocycles. The summed E-state index contributed by atoms with van der Waals surface area (Å²) in [5, 5.41) is 12.6. The third kappa shape index (κ3) is 4.67. The molecule has 2 N–H and O–H groups in total. The molecular formula is C18H26N2O2S. The highest BCUT2D eigenvalue weighted by Gasteiger charge is 2.26. The molecule has 126 valence electrons. The lowest BCUT2D eigenvalue weighted by Crippen LogP contribution is -2.33. The zero-order valence-electron chi connectivity index (χ0n) is 14.1. The number of amides is 1. The number of hydrogen-bond donors (Lipinski definition) is 2. The summed E-state index contributed by atoms with van der Waals surface area (Å²) in [4.78, 5) is 13.8. The van der Waals surface area contributed by atoms with Gasteiger partial charge in [0, 0.05) is 24.7 Å². The number of nitrogens with one attached hydrogen (secondary N) is 1. The van der Waals surface area contributed by atoms with E-state index in [0.717, 1.165) is 29.9 Å². The molecule has 1 aromatic carbocycles. The monoisotopic (exact) mass is 334 g/mol. The smallest absolute Gasteiger partial charge is 0.407 e. The Kier molecular flexibility index (Phi) is 5.99. The first-order chi connectivity index (χ1) is 10.9. The van der Waals surface area contributed by atoms with Gasteiger partial charge < -0.3 is 15.3 Å². The van der Waals surface area contributed by atoms with Crippen molar-refractivity contribution in [1.82, 2.24) is 4.90 Å². The molecule has 0 bridgehead atoms. The molecule has 0 aromatic heterocycles. The third-order valence-electron chi connectivity index (χ3n) is 4.31. The Labute approximate surface area is 143 Å². The van der Waals surface area contributed by atoms with Gasteiger partial charge in [-0.3, -0.25) is 0 Å².